The highest BCUT2D eigenvalue weighted by molar-refractivity contribution is 7.97. The zero-order chi connectivity index (χ0) is 19.8. The zero-order valence-corrected chi connectivity index (χ0v) is 17.0. The Kier molecular flexibility index (Phi) is 5.03. The van der Waals surface area contributed by atoms with Crippen molar-refractivity contribution in [3.8, 4) is 0 Å². The van der Waals surface area contributed by atoms with Crippen LogP contribution in [0.4, 0.5) is 14.9 Å². The Morgan fingerprint density at radius 1 is 1.14 bits per heavy atom. The maximum absolute atomic E-state index is 14.4. The number of aromatic nitrogens is 2. The number of nitrogens with zero attached hydrogens (tertiary/aromatic N) is 4. The first kappa shape index (κ1) is 18.8. The number of carbonyl (C=O) groups is 1. The maximum Gasteiger partial charge on any atom is 0.335 e. The average Bonchev–Trinajstić information content (AvgIpc) is 2.97. The van der Waals surface area contributed by atoms with E-state index < -0.39 is 5.82 Å². The number of hydrogen-bond acceptors (Lipinski definition) is 3. The normalized spacial score (nSPS) is 13.8. The van der Waals surface area contributed by atoms with Crippen molar-refractivity contribution in [1.29, 1.82) is 0 Å². The van der Waals surface area contributed by atoms with Crippen LogP contribution in [0.3, 0.4) is 0 Å². The topological polar surface area (TPSA) is 41.4 Å². The van der Waals surface area contributed by atoms with Crippen LogP contribution in [0.5, 0.6) is 0 Å². The van der Waals surface area contributed by atoms with Crippen LogP contribution in [0.2, 0.25) is 5.02 Å². The zero-order valence-electron chi connectivity index (χ0n) is 15.4. The Bertz CT molecular complexity index is 1050. The van der Waals surface area contributed by atoms with Crippen molar-refractivity contribution in [2.24, 2.45) is 7.05 Å². The van der Waals surface area contributed by atoms with Crippen LogP contribution in [0.15, 0.2) is 53.4 Å². The predicted octanol–water partition coefficient (Wildman–Crippen LogP) is 5.17. The number of fused-ring (bicyclic) bond motifs is 1. The number of rotatable bonds is 4. The maximum atomic E-state index is 14.4. The smallest absolute Gasteiger partial charge is 0.288 e. The highest BCUT2D eigenvalue weighted by Crippen LogP contribution is 2.40. The van der Waals surface area contributed by atoms with Gasteiger partial charge in [-0.15, -0.1) is 0 Å². The van der Waals surface area contributed by atoms with E-state index in [0.717, 1.165) is 22.0 Å². The van der Waals surface area contributed by atoms with E-state index in [1.807, 2.05) is 44.3 Å². The monoisotopic (exact) mass is 416 g/mol. The number of para-hydroxylation sites is 1. The Balaban J connectivity index is 1.67. The summed E-state index contributed by atoms with van der Waals surface area (Å²) in [5.41, 5.74) is 3.00. The molecule has 1 aliphatic rings. The molecular weight excluding hydrogens is 399 g/mol. The van der Waals surface area contributed by atoms with Gasteiger partial charge in [-0.2, -0.15) is 5.10 Å². The number of aryl methyl sites for hydroxylation is 2. The molecule has 0 spiro atoms. The number of urea groups is 1. The van der Waals surface area contributed by atoms with Crippen LogP contribution in [0.1, 0.15) is 17.0 Å². The quantitative estimate of drug-likeness (QED) is 0.551. The molecule has 0 bridgehead atoms. The molecule has 2 heterocycles. The van der Waals surface area contributed by atoms with Crippen molar-refractivity contribution >= 4 is 35.3 Å². The summed E-state index contributed by atoms with van der Waals surface area (Å²) in [6.45, 7) is 2.44. The fraction of sp³-hybridized carbons (Fsp3) is 0.200. The van der Waals surface area contributed by atoms with E-state index in [-0.39, 0.29) is 12.6 Å². The van der Waals surface area contributed by atoms with Gasteiger partial charge in [-0.1, -0.05) is 29.8 Å². The lowest BCUT2D eigenvalue weighted by Gasteiger charge is -2.36. The summed E-state index contributed by atoms with van der Waals surface area (Å²) in [5.74, 6) is -0.426. The molecule has 28 heavy (non-hydrogen) atoms. The number of hydrogen-bond donors (Lipinski definition) is 0. The van der Waals surface area contributed by atoms with Crippen molar-refractivity contribution in [3.63, 3.8) is 0 Å². The number of anilines is 1. The second-order valence-corrected chi connectivity index (χ2v) is 8.10. The summed E-state index contributed by atoms with van der Waals surface area (Å²) < 4.78 is 17.8. The first-order valence-electron chi connectivity index (χ1n) is 8.72. The molecule has 1 aliphatic heterocycles. The van der Waals surface area contributed by atoms with Gasteiger partial charge in [-0.3, -0.25) is 13.9 Å². The molecule has 0 saturated heterocycles. The third-order valence-corrected chi connectivity index (χ3v) is 5.84. The molecule has 0 saturated carbocycles. The molecule has 2 aromatic carbocycles. The minimum Gasteiger partial charge on any atom is -0.288 e. The summed E-state index contributed by atoms with van der Waals surface area (Å²) in [4.78, 5) is 15.8. The van der Waals surface area contributed by atoms with E-state index in [0.29, 0.717) is 17.1 Å². The largest absolute Gasteiger partial charge is 0.335 e. The summed E-state index contributed by atoms with van der Waals surface area (Å²) in [7, 11) is 1.86. The van der Waals surface area contributed by atoms with Crippen molar-refractivity contribution < 1.29 is 9.18 Å². The minimum absolute atomic E-state index is 0.125. The first-order chi connectivity index (χ1) is 13.4. The molecule has 4 rings (SSSR count). The summed E-state index contributed by atoms with van der Waals surface area (Å²) in [6.07, 6.45) is 0. The Morgan fingerprint density at radius 3 is 2.64 bits per heavy atom. The van der Waals surface area contributed by atoms with Crippen LogP contribution in [-0.4, -0.2) is 20.1 Å². The van der Waals surface area contributed by atoms with E-state index in [1.165, 1.54) is 18.0 Å². The standard InChI is InChI=1S/C20H18ClFN4OS/c1-13-9-16(24(2)23-13)12-26-20(27)25(18-5-3-4-6-19(18)28-26)11-14-7-8-15(21)10-17(14)22/h3-10H,11-12H2,1-2H3. The second-order valence-electron chi connectivity index (χ2n) is 6.60. The van der Waals surface area contributed by atoms with Gasteiger partial charge in [0.1, 0.15) is 5.82 Å². The number of amides is 2. The third-order valence-electron chi connectivity index (χ3n) is 4.56. The molecule has 8 heteroatoms. The molecule has 0 unspecified atom stereocenters. The lowest BCUT2D eigenvalue weighted by atomic mass is 10.2. The Labute approximate surface area is 171 Å². The minimum atomic E-state index is -0.426. The molecular formula is C20H18ClFN4OS. The van der Waals surface area contributed by atoms with Gasteiger partial charge in [0.05, 0.1) is 35.1 Å². The van der Waals surface area contributed by atoms with Gasteiger partial charge in [0.25, 0.3) is 0 Å². The molecule has 0 N–H and O–H groups in total. The molecule has 2 amide bonds. The SMILES string of the molecule is Cc1cc(CN2Sc3ccccc3N(Cc3ccc(Cl)cc3F)C2=O)n(C)n1. The second kappa shape index (κ2) is 7.48. The van der Waals surface area contributed by atoms with Gasteiger partial charge in [-0.05, 0) is 49.2 Å². The highest BCUT2D eigenvalue weighted by Gasteiger charge is 2.32. The van der Waals surface area contributed by atoms with Crippen LogP contribution in [0, 0.1) is 12.7 Å². The van der Waals surface area contributed by atoms with E-state index in [9.17, 15) is 9.18 Å². The van der Waals surface area contributed by atoms with E-state index in [1.54, 1.807) is 26.0 Å². The number of carbonyl (C=O) groups excluding carboxylic acids is 1. The van der Waals surface area contributed by atoms with Crippen molar-refractivity contribution in [2.45, 2.75) is 24.9 Å². The lowest BCUT2D eigenvalue weighted by molar-refractivity contribution is 0.229. The average molecular weight is 417 g/mol. The van der Waals surface area contributed by atoms with Crippen molar-refractivity contribution in [3.05, 3.63) is 76.3 Å². The summed E-state index contributed by atoms with van der Waals surface area (Å²) in [5, 5.41) is 4.68. The summed E-state index contributed by atoms with van der Waals surface area (Å²) >= 11 is 7.24. The predicted molar refractivity (Wildman–Crippen MR) is 109 cm³/mol. The Morgan fingerprint density at radius 2 is 1.93 bits per heavy atom. The van der Waals surface area contributed by atoms with Gasteiger partial charge in [-0.25, -0.2) is 9.18 Å². The van der Waals surface area contributed by atoms with Gasteiger partial charge in [0, 0.05) is 17.6 Å². The fourth-order valence-electron chi connectivity index (χ4n) is 3.19. The highest BCUT2D eigenvalue weighted by atomic mass is 35.5. The summed E-state index contributed by atoms with van der Waals surface area (Å²) in [6, 6.07) is 13.9. The van der Waals surface area contributed by atoms with E-state index in [4.69, 9.17) is 11.6 Å². The molecule has 0 radical (unpaired) electrons. The molecule has 0 atom stereocenters. The fourth-order valence-corrected chi connectivity index (χ4v) is 4.37. The molecule has 3 aromatic rings. The first-order valence-corrected chi connectivity index (χ1v) is 9.87. The van der Waals surface area contributed by atoms with Gasteiger partial charge < -0.3 is 0 Å². The lowest BCUT2D eigenvalue weighted by Crippen LogP contribution is -2.42. The van der Waals surface area contributed by atoms with Crippen LogP contribution >= 0.6 is 23.5 Å². The molecule has 144 valence electrons. The number of halogens is 2. The Hall–Kier alpha value is -2.51. The third kappa shape index (κ3) is 3.59. The van der Waals surface area contributed by atoms with E-state index in [2.05, 4.69) is 5.10 Å². The molecule has 0 fully saturated rings. The molecule has 0 aliphatic carbocycles. The molecule has 5 nitrogen and oxygen atoms in total. The van der Waals surface area contributed by atoms with Crippen LogP contribution in [-0.2, 0) is 20.1 Å². The number of benzene rings is 2. The van der Waals surface area contributed by atoms with Gasteiger partial charge in [0.15, 0.2) is 0 Å². The van der Waals surface area contributed by atoms with Crippen LogP contribution < -0.4 is 4.90 Å². The molecule has 1 aromatic heterocycles. The van der Waals surface area contributed by atoms with Gasteiger partial charge in [0.2, 0.25) is 0 Å². The van der Waals surface area contributed by atoms with Gasteiger partial charge >= 0.3 is 6.03 Å². The van der Waals surface area contributed by atoms with Crippen molar-refractivity contribution in [1.82, 2.24) is 14.1 Å². The van der Waals surface area contributed by atoms with Crippen LogP contribution in [0.25, 0.3) is 0 Å². The van der Waals surface area contributed by atoms with Crippen molar-refractivity contribution in [2.75, 3.05) is 4.90 Å². The van der Waals surface area contributed by atoms with E-state index >= 15 is 0 Å².